The number of ether oxygens (including phenoxy) is 1. The Balaban J connectivity index is 1.54. The first-order valence-corrected chi connectivity index (χ1v) is 9.80. The number of rotatable bonds is 4. The summed E-state index contributed by atoms with van der Waals surface area (Å²) in [6.45, 7) is 0. The second-order valence-electron chi connectivity index (χ2n) is 7.35. The molecule has 2 aromatic heterocycles. The van der Waals surface area contributed by atoms with Gasteiger partial charge in [0.1, 0.15) is 11.6 Å². The van der Waals surface area contributed by atoms with Crippen LogP contribution in [-0.4, -0.2) is 26.3 Å². The Kier molecular flexibility index (Phi) is 4.82. The van der Waals surface area contributed by atoms with Gasteiger partial charge in [-0.25, -0.2) is 18.7 Å². The zero-order valence-electron chi connectivity index (χ0n) is 16.9. The van der Waals surface area contributed by atoms with E-state index in [1.165, 1.54) is 24.3 Å². The molecule has 0 aliphatic rings. The summed E-state index contributed by atoms with van der Waals surface area (Å²) >= 11 is 0. The largest absolute Gasteiger partial charge is 0.412 e. The summed E-state index contributed by atoms with van der Waals surface area (Å²) in [7, 11) is 0. The van der Waals surface area contributed by atoms with Crippen LogP contribution in [0.5, 0.6) is 6.01 Å². The quantitative estimate of drug-likeness (QED) is 0.386. The van der Waals surface area contributed by atoms with Gasteiger partial charge in [0.05, 0.1) is 22.1 Å². The number of amides is 1. The van der Waals surface area contributed by atoms with E-state index in [1.807, 2.05) is 0 Å². The van der Waals surface area contributed by atoms with Crippen LogP contribution in [0.2, 0.25) is 0 Å². The van der Waals surface area contributed by atoms with Crippen LogP contribution in [0.25, 0.3) is 32.9 Å². The zero-order valence-corrected chi connectivity index (χ0v) is 16.9. The molecule has 0 bridgehead atoms. The number of hydrogen-bond donors (Lipinski definition) is 3. The fourth-order valence-electron chi connectivity index (χ4n) is 3.76. The molecule has 33 heavy (non-hydrogen) atoms. The molecule has 10 heteroatoms. The van der Waals surface area contributed by atoms with Crippen molar-refractivity contribution < 1.29 is 18.3 Å². The lowest BCUT2D eigenvalue weighted by molar-refractivity contribution is 0.207. The molecule has 5 aromatic rings. The van der Waals surface area contributed by atoms with Crippen LogP contribution < -0.4 is 16.0 Å². The van der Waals surface area contributed by atoms with Crippen LogP contribution in [0.1, 0.15) is 11.3 Å². The number of imidazole rings is 1. The van der Waals surface area contributed by atoms with Gasteiger partial charge < -0.3 is 15.5 Å². The smallest absolute Gasteiger partial charge is 0.376 e. The number of H-pyrrole nitrogens is 2. The van der Waals surface area contributed by atoms with Crippen molar-refractivity contribution in [1.29, 1.82) is 0 Å². The summed E-state index contributed by atoms with van der Waals surface area (Å²) < 4.78 is 33.9. The lowest BCUT2D eigenvalue weighted by Crippen LogP contribution is -2.16. The van der Waals surface area contributed by atoms with Crippen LogP contribution in [-0.2, 0) is 6.42 Å². The Hall–Kier alpha value is -4.60. The maximum absolute atomic E-state index is 14.7. The molecule has 5 rings (SSSR count). The number of hydrogen-bond acceptors (Lipinski definition) is 5. The lowest BCUT2D eigenvalue weighted by atomic mass is 9.98. The van der Waals surface area contributed by atoms with E-state index in [2.05, 4.69) is 20.2 Å². The van der Waals surface area contributed by atoms with Gasteiger partial charge >= 0.3 is 12.1 Å². The molecule has 0 atom stereocenters. The number of carbonyl (C=O) groups excluding carboxylic acids is 1. The van der Waals surface area contributed by atoms with Crippen molar-refractivity contribution in [2.24, 2.45) is 5.73 Å². The Morgan fingerprint density at radius 3 is 2.73 bits per heavy atom. The third-order valence-electron chi connectivity index (χ3n) is 5.21. The Morgan fingerprint density at radius 1 is 1.06 bits per heavy atom. The molecular weight excluding hydrogens is 432 g/mol. The van der Waals surface area contributed by atoms with Crippen molar-refractivity contribution in [3.8, 4) is 17.1 Å². The number of carbonyl (C=O) groups is 1. The summed E-state index contributed by atoms with van der Waals surface area (Å²) in [5.41, 5.74) is 7.38. The highest BCUT2D eigenvalue weighted by Gasteiger charge is 2.14. The molecule has 0 radical (unpaired) electrons. The van der Waals surface area contributed by atoms with E-state index >= 15 is 0 Å². The molecule has 1 amide bonds. The minimum absolute atomic E-state index is 0.0677. The van der Waals surface area contributed by atoms with Gasteiger partial charge in [-0.2, -0.15) is 10.1 Å². The van der Waals surface area contributed by atoms with Crippen molar-refractivity contribution in [3.63, 3.8) is 0 Å². The minimum Gasteiger partial charge on any atom is -0.376 e. The fourth-order valence-corrected chi connectivity index (χ4v) is 3.76. The van der Waals surface area contributed by atoms with Crippen LogP contribution in [0.3, 0.4) is 0 Å². The topological polar surface area (TPSA) is 127 Å². The average Bonchev–Trinajstić information content (AvgIpc) is 3.18. The van der Waals surface area contributed by atoms with E-state index in [4.69, 9.17) is 10.5 Å². The van der Waals surface area contributed by atoms with Gasteiger partial charge in [-0.3, -0.25) is 4.79 Å². The minimum atomic E-state index is -1.01. The third kappa shape index (κ3) is 3.78. The number of aromatic amines is 2. The number of fused-ring (bicyclic) bond motifs is 2. The number of benzene rings is 3. The van der Waals surface area contributed by atoms with Gasteiger partial charge in [0.15, 0.2) is 0 Å². The Labute approximate surface area is 184 Å². The van der Waals surface area contributed by atoms with Gasteiger partial charge in [0.2, 0.25) is 0 Å². The first-order chi connectivity index (χ1) is 15.9. The molecule has 2 heterocycles. The molecule has 0 saturated carbocycles. The van der Waals surface area contributed by atoms with Gasteiger partial charge in [-0.15, -0.1) is 0 Å². The molecule has 0 unspecified atom stereocenters. The molecule has 8 nitrogen and oxygen atoms in total. The van der Waals surface area contributed by atoms with Crippen molar-refractivity contribution in [2.45, 2.75) is 6.42 Å². The first-order valence-electron chi connectivity index (χ1n) is 9.80. The Morgan fingerprint density at radius 2 is 1.91 bits per heavy atom. The molecule has 0 fully saturated rings. The van der Waals surface area contributed by atoms with Crippen molar-refractivity contribution in [2.75, 3.05) is 0 Å². The summed E-state index contributed by atoms with van der Waals surface area (Å²) in [5.74, 6) is -1.01. The van der Waals surface area contributed by atoms with E-state index in [-0.39, 0.29) is 23.2 Å². The number of nitrogens with two attached hydrogens (primary N) is 1. The molecule has 0 spiro atoms. The molecule has 164 valence electrons. The summed E-state index contributed by atoms with van der Waals surface area (Å²) in [6, 6.07) is 13.7. The maximum Gasteiger partial charge on any atom is 0.412 e. The number of aromatic nitrogens is 4. The molecular formula is C23H15F2N5O3. The molecule has 0 saturated heterocycles. The second kappa shape index (κ2) is 7.83. The molecule has 0 aliphatic heterocycles. The molecule has 4 N–H and O–H groups in total. The van der Waals surface area contributed by atoms with E-state index in [0.717, 1.165) is 0 Å². The number of halogens is 2. The van der Waals surface area contributed by atoms with Gasteiger partial charge in [0.25, 0.3) is 5.56 Å². The van der Waals surface area contributed by atoms with E-state index in [9.17, 15) is 18.4 Å². The zero-order chi connectivity index (χ0) is 23.1. The van der Waals surface area contributed by atoms with Crippen LogP contribution in [0.15, 0.2) is 59.4 Å². The fraction of sp³-hybridized carbons (Fsp3) is 0.0435. The summed E-state index contributed by atoms with van der Waals surface area (Å²) in [5, 5.41) is 6.73. The first kappa shape index (κ1) is 20.3. The summed E-state index contributed by atoms with van der Waals surface area (Å²) in [4.78, 5) is 29.8. The van der Waals surface area contributed by atoms with Crippen molar-refractivity contribution >= 4 is 27.9 Å². The number of nitrogens with zero attached hydrogens (tertiary/aromatic N) is 2. The SMILES string of the molecule is NC(=O)Oc1nc2ccc(-c3cc(Cc4n[nH]c(=O)c5cccc(F)c45)ccc3F)cc2[nH]1. The standard InChI is InChI=1S/C23H15F2N5O3/c24-15-6-4-11(9-19-20-13(21(31)30-29-19)2-1-3-16(20)25)8-14(15)12-5-7-17-18(10-12)28-23(27-17)33-22(26)32/h1-8,10H,9H2,(H2,26,32)(H,27,28)(H,30,31). The normalized spacial score (nSPS) is 11.2. The number of primary amides is 1. The van der Waals surface area contributed by atoms with Crippen LogP contribution in [0.4, 0.5) is 13.6 Å². The highest BCUT2D eigenvalue weighted by Crippen LogP contribution is 2.29. The summed E-state index contributed by atoms with van der Waals surface area (Å²) in [6.07, 6.45) is -0.836. The predicted octanol–water partition coefficient (Wildman–Crippen LogP) is 3.79. The van der Waals surface area contributed by atoms with Crippen molar-refractivity contribution in [3.05, 3.63) is 87.8 Å². The van der Waals surface area contributed by atoms with Gasteiger partial charge in [-0.1, -0.05) is 18.2 Å². The number of nitrogens with one attached hydrogen (secondary N) is 2. The van der Waals surface area contributed by atoms with E-state index in [0.29, 0.717) is 33.4 Å². The predicted molar refractivity (Wildman–Crippen MR) is 117 cm³/mol. The lowest BCUT2D eigenvalue weighted by Gasteiger charge is -2.09. The van der Waals surface area contributed by atoms with Gasteiger partial charge in [-0.05, 0) is 47.5 Å². The molecule has 3 aromatic carbocycles. The van der Waals surface area contributed by atoms with Crippen LogP contribution in [0, 0.1) is 11.6 Å². The highest BCUT2D eigenvalue weighted by atomic mass is 19.1. The van der Waals surface area contributed by atoms with E-state index < -0.39 is 23.3 Å². The van der Waals surface area contributed by atoms with E-state index in [1.54, 1.807) is 30.3 Å². The maximum atomic E-state index is 14.7. The second-order valence-corrected chi connectivity index (χ2v) is 7.35. The van der Waals surface area contributed by atoms with Crippen LogP contribution >= 0.6 is 0 Å². The van der Waals surface area contributed by atoms with Gasteiger partial charge in [0, 0.05) is 17.4 Å². The van der Waals surface area contributed by atoms with Crippen molar-refractivity contribution in [1.82, 2.24) is 20.2 Å². The third-order valence-corrected chi connectivity index (χ3v) is 5.21. The monoisotopic (exact) mass is 447 g/mol. The molecule has 0 aliphatic carbocycles. The highest BCUT2D eigenvalue weighted by molar-refractivity contribution is 5.85. The Bertz CT molecular complexity index is 1610. The average molecular weight is 447 g/mol.